The Morgan fingerprint density at radius 3 is 2.81 bits per heavy atom. The van der Waals surface area contributed by atoms with E-state index in [0.29, 0.717) is 12.0 Å². The van der Waals surface area contributed by atoms with Crippen LogP contribution in [0.1, 0.15) is 49.8 Å². The number of hydrogen-bond donors (Lipinski definition) is 2. The second kappa shape index (κ2) is 5.78. The van der Waals surface area contributed by atoms with Crippen LogP contribution in [0.15, 0.2) is 18.2 Å². The van der Waals surface area contributed by atoms with Crippen molar-refractivity contribution in [2.45, 2.75) is 51.7 Å². The molecule has 0 heterocycles. The van der Waals surface area contributed by atoms with Gasteiger partial charge in [-0.3, -0.25) is 4.79 Å². The van der Waals surface area contributed by atoms with Gasteiger partial charge in [0.15, 0.2) is 0 Å². The highest BCUT2D eigenvalue weighted by Gasteiger charge is 2.51. The SMILES string of the molecule is CCOC(=O)C(C)C1(O)c2cc(C)ccc2[C@H](C)CC1O. The van der Waals surface area contributed by atoms with Crippen LogP contribution in [0.25, 0.3) is 0 Å². The van der Waals surface area contributed by atoms with Crippen molar-refractivity contribution in [1.29, 1.82) is 0 Å². The molecule has 0 saturated carbocycles. The van der Waals surface area contributed by atoms with Crippen molar-refractivity contribution < 1.29 is 19.7 Å². The van der Waals surface area contributed by atoms with E-state index in [1.807, 2.05) is 32.0 Å². The molecule has 0 aromatic heterocycles. The number of hydrogen-bond acceptors (Lipinski definition) is 4. The van der Waals surface area contributed by atoms with Crippen molar-refractivity contribution in [3.8, 4) is 0 Å². The summed E-state index contributed by atoms with van der Waals surface area (Å²) in [5.74, 6) is -1.16. The van der Waals surface area contributed by atoms with Gasteiger partial charge in [-0.1, -0.05) is 30.7 Å². The number of carbonyl (C=O) groups excluding carboxylic acids is 1. The van der Waals surface area contributed by atoms with Gasteiger partial charge in [0.05, 0.1) is 18.6 Å². The third-order valence-electron chi connectivity index (χ3n) is 4.56. The zero-order valence-corrected chi connectivity index (χ0v) is 13.1. The predicted molar refractivity (Wildman–Crippen MR) is 79.9 cm³/mol. The molecule has 4 nitrogen and oxygen atoms in total. The maximum absolute atomic E-state index is 12.1. The molecule has 3 unspecified atom stereocenters. The van der Waals surface area contributed by atoms with Crippen LogP contribution in [0.4, 0.5) is 0 Å². The highest BCUT2D eigenvalue weighted by molar-refractivity contribution is 5.74. The summed E-state index contributed by atoms with van der Waals surface area (Å²) in [7, 11) is 0. The fourth-order valence-corrected chi connectivity index (χ4v) is 3.24. The Bertz CT molecular complexity index is 540. The Hall–Kier alpha value is -1.39. The van der Waals surface area contributed by atoms with Crippen molar-refractivity contribution in [3.05, 3.63) is 34.9 Å². The highest BCUT2D eigenvalue weighted by atomic mass is 16.5. The molecule has 0 radical (unpaired) electrons. The van der Waals surface area contributed by atoms with E-state index in [9.17, 15) is 15.0 Å². The van der Waals surface area contributed by atoms with Gasteiger partial charge in [0.1, 0.15) is 5.60 Å². The second-order valence-corrected chi connectivity index (χ2v) is 6.04. The largest absolute Gasteiger partial charge is 0.466 e. The minimum Gasteiger partial charge on any atom is -0.466 e. The van der Waals surface area contributed by atoms with Gasteiger partial charge in [0.2, 0.25) is 0 Å². The molecule has 0 bridgehead atoms. The van der Waals surface area contributed by atoms with Gasteiger partial charge in [-0.15, -0.1) is 0 Å². The Morgan fingerprint density at radius 1 is 1.52 bits per heavy atom. The molecule has 0 spiro atoms. The monoisotopic (exact) mass is 292 g/mol. The van der Waals surface area contributed by atoms with E-state index in [0.717, 1.165) is 11.1 Å². The summed E-state index contributed by atoms with van der Waals surface area (Å²) in [5, 5.41) is 21.6. The van der Waals surface area contributed by atoms with Gasteiger partial charge in [-0.2, -0.15) is 0 Å². The molecule has 21 heavy (non-hydrogen) atoms. The standard InChI is InChI=1S/C17H24O4/c1-5-21-16(19)12(4)17(20)14-8-10(2)6-7-13(14)11(3)9-15(17)18/h6-8,11-12,15,18,20H,5,9H2,1-4H3/t11-,12?,15?,17?/m1/s1. The summed E-state index contributed by atoms with van der Waals surface area (Å²) in [4.78, 5) is 12.1. The molecule has 4 heteroatoms. The van der Waals surface area contributed by atoms with Crippen LogP contribution in [-0.4, -0.2) is 28.9 Å². The summed E-state index contributed by atoms with van der Waals surface area (Å²) in [6, 6.07) is 5.83. The summed E-state index contributed by atoms with van der Waals surface area (Å²) in [6.45, 7) is 7.55. The molecular weight excluding hydrogens is 268 g/mol. The van der Waals surface area contributed by atoms with Gasteiger partial charge < -0.3 is 14.9 Å². The van der Waals surface area contributed by atoms with Crippen LogP contribution in [0, 0.1) is 12.8 Å². The van der Waals surface area contributed by atoms with E-state index >= 15 is 0 Å². The number of rotatable bonds is 3. The van der Waals surface area contributed by atoms with Crippen LogP contribution >= 0.6 is 0 Å². The summed E-state index contributed by atoms with van der Waals surface area (Å²) >= 11 is 0. The van der Waals surface area contributed by atoms with E-state index in [-0.39, 0.29) is 12.5 Å². The summed E-state index contributed by atoms with van der Waals surface area (Å²) < 4.78 is 5.03. The number of fused-ring (bicyclic) bond motifs is 1. The lowest BCUT2D eigenvalue weighted by atomic mass is 9.67. The molecule has 2 N–H and O–H groups in total. The minimum atomic E-state index is -1.60. The van der Waals surface area contributed by atoms with Gasteiger partial charge in [-0.05, 0) is 44.2 Å². The van der Waals surface area contributed by atoms with E-state index < -0.39 is 23.6 Å². The molecule has 1 aromatic rings. The maximum Gasteiger partial charge on any atom is 0.312 e. The molecule has 116 valence electrons. The number of esters is 1. The topological polar surface area (TPSA) is 66.8 Å². The van der Waals surface area contributed by atoms with Gasteiger partial charge in [0.25, 0.3) is 0 Å². The summed E-state index contributed by atoms with van der Waals surface area (Å²) in [6.07, 6.45) is -0.558. The predicted octanol–water partition coefficient (Wildman–Crippen LogP) is 2.25. The molecule has 0 amide bonds. The smallest absolute Gasteiger partial charge is 0.312 e. The van der Waals surface area contributed by atoms with Crippen molar-refractivity contribution >= 4 is 5.97 Å². The number of benzene rings is 1. The third kappa shape index (κ3) is 2.58. The average molecular weight is 292 g/mol. The minimum absolute atomic E-state index is 0.144. The fourth-order valence-electron chi connectivity index (χ4n) is 3.24. The lowest BCUT2D eigenvalue weighted by Crippen LogP contribution is -2.51. The second-order valence-electron chi connectivity index (χ2n) is 6.04. The van der Waals surface area contributed by atoms with Gasteiger partial charge in [0, 0.05) is 0 Å². The van der Waals surface area contributed by atoms with E-state index in [1.165, 1.54) is 0 Å². The maximum atomic E-state index is 12.1. The third-order valence-corrected chi connectivity index (χ3v) is 4.56. The Labute approximate surface area is 125 Å². The van der Waals surface area contributed by atoms with Gasteiger partial charge in [-0.25, -0.2) is 0 Å². The zero-order chi connectivity index (χ0) is 15.8. The van der Waals surface area contributed by atoms with E-state index in [2.05, 4.69) is 0 Å². The number of aryl methyl sites for hydroxylation is 1. The fraction of sp³-hybridized carbons (Fsp3) is 0.588. The van der Waals surface area contributed by atoms with Crippen LogP contribution in [0.2, 0.25) is 0 Å². The normalized spacial score (nSPS) is 29.6. The number of carbonyl (C=O) groups is 1. The highest BCUT2D eigenvalue weighted by Crippen LogP contribution is 2.46. The first kappa shape index (κ1) is 16.0. The molecular formula is C17H24O4. The van der Waals surface area contributed by atoms with Crippen molar-refractivity contribution in [2.24, 2.45) is 5.92 Å². The molecule has 1 aliphatic carbocycles. The zero-order valence-electron chi connectivity index (χ0n) is 13.1. The van der Waals surface area contributed by atoms with Crippen LogP contribution in [0.5, 0.6) is 0 Å². The van der Waals surface area contributed by atoms with Crippen molar-refractivity contribution in [3.63, 3.8) is 0 Å². The number of ether oxygens (including phenoxy) is 1. The molecule has 0 fully saturated rings. The van der Waals surface area contributed by atoms with E-state index in [1.54, 1.807) is 13.8 Å². The number of aliphatic hydroxyl groups is 2. The molecule has 4 atom stereocenters. The Morgan fingerprint density at radius 2 is 2.19 bits per heavy atom. The van der Waals surface area contributed by atoms with Crippen molar-refractivity contribution in [2.75, 3.05) is 6.61 Å². The molecule has 1 aromatic carbocycles. The molecule has 0 saturated heterocycles. The molecule has 0 aliphatic heterocycles. The molecule has 2 rings (SSSR count). The van der Waals surface area contributed by atoms with Crippen molar-refractivity contribution in [1.82, 2.24) is 0 Å². The first-order valence-corrected chi connectivity index (χ1v) is 7.50. The number of aliphatic hydroxyl groups excluding tert-OH is 1. The van der Waals surface area contributed by atoms with Crippen LogP contribution in [-0.2, 0) is 15.1 Å². The lowest BCUT2D eigenvalue weighted by Gasteiger charge is -2.44. The Balaban J connectivity index is 2.54. The first-order valence-electron chi connectivity index (χ1n) is 7.50. The Kier molecular flexibility index (Phi) is 4.40. The van der Waals surface area contributed by atoms with Crippen LogP contribution in [0.3, 0.4) is 0 Å². The molecule has 1 aliphatic rings. The quantitative estimate of drug-likeness (QED) is 0.839. The average Bonchev–Trinajstić information content (AvgIpc) is 2.44. The lowest BCUT2D eigenvalue weighted by molar-refractivity contribution is -0.173. The van der Waals surface area contributed by atoms with Crippen LogP contribution < -0.4 is 0 Å². The van der Waals surface area contributed by atoms with E-state index in [4.69, 9.17) is 4.74 Å². The first-order chi connectivity index (χ1) is 9.82. The summed E-state index contributed by atoms with van der Waals surface area (Å²) in [5.41, 5.74) is 1.03. The van der Waals surface area contributed by atoms with Gasteiger partial charge >= 0.3 is 5.97 Å².